The molecule has 0 aliphatic rings. The SMILES string of the molecule is CO[Si](C)(CO)CCCS. The van der Waals surface area contributed by atoms with Crippen molar-refractivity contribution in [1.29, 1.82) is 0 Å². The molecule has 0 heterocycles. The van der Waals surface area contributed by atoms with Crippen molar-refractivity contribution in [1.82, 2.24) is 0 Å². The maximum atomic E-state index is 8.92. The third-order valence-corrected chi connectivity index (χ3v) is 5.07. The molecule has 0 bridgehead atoms. The van der Waals surface area contributed by atoms with Crippen molar-refractivity contribution in [3.05, 3.63) is 0 Å². The number of hydrogen-bond acceptors (Lipinski definition) is 3. The zero-order chi connectivity index (χ0) is 8.04. The van der Waals surface area contributed by atoms with Gasteiger partial charge in [-0.3, -0.25) is 0 Å². The summed E-state index contributed by atoms with van der Waals surface area (Å²) in [4.78, 5) is 0. The smallest absolute Gasteiger partial charge is 0.214 e. The van der Waals surface area contributed by atoms with Crippen molar-refractivity contribution in [3.8, 4) is 0 Å². The molecule has 1 unspecified atom stereocenters. The number of hydrogen-bond donors (Lipinski definition) is 2. The highest BCUT2D eigenvalue weighted by Gasteiger charge is 2.25. The molecule has 4 heteroatoms. The van der Waals surface area contributed by atoms with Crippen LogP contribution in [0.15, 0.2) is 0 Å². The molecule has 2 nitrogen and oxygen atoms in total. The molecule has 10 heavy (non-hydrogen) atoms. The van der Waals surface area contributed by atoms with E-state index in [0.717, 1.165) is 18.2 Å². The van der Waals surface area contributed by atoms with Crippen molar-refractivity contribution in [2.45, 2.75) is 19.0 Å². The largest absolute Gasteiger partial charge is 0.418 e. The average Bonchev–Trinajstić information content (AvgIpc) is 2.00. The van der Waals surface area contributed by atoms with Crippen LogP contribution in [0, 0.1) is 0 Å². The van der Waals surface area contributed by atoms with Gasteiger partial charge >= 0.3 is 0 Å². The van der Waals surface area contributed by atoms with Gasteiger partial charge in [-0.05, 0) is 24.8 Å². The Hall–Kier alpha value is 0.487. The lowest BCUT2D eigenvalue weighted by Gasteiger charge is -2.21. The van der Waals surface area contributed by atoms with Crippen molar-refractivity contribution in [2.24, 2.45) is 0 Å². The first-order valence-corrected chi connectivity index (χ1v) is 6.91. The Morgan fingerprint density at radius 2 is 2.20 bits per heavy atom. The Kier molecular flexibility index (Phi) is 5.43. The molecule has 0 saturated heterocycles. The molecule has 0 aromatic heterocycles. The van der Waals surface area contributed by atoms with E-state index in [1.165, 1.54) is 0 Å². The van der Waals surface area contributed by atoms with Crippen LogP contribution in [-0.4, -0.2) is 32.5 Å². The topological polar surface area (TPSA) is 29.5 Å². The Labute approximate surface area is 69.1 Å². The maximum absolute atomic E-state index is 8.92. The molecule has 1 atom stereocenters. The van der Waals surface area contributed by atoms with Crippen LogP contribution in [0.25, 0.3) is 0 Å². The van der Waals surface area contributed by atoms with E-state index in [2.05, 4.69) is 12.6 Å². The van der Waals surface area contributed by atoms with E-state index in [1.807, 2.05) is 6.55 Å². The molecule has 0 aliphatic heterocycles. The van der Waals surface area contributed by atoms with E-state index < -0.39 is 8.32 Å². The molecule has 0 aliphatic carbocycles. The predicted octanol–water partition coefficient (Wildman–Crippen LogP) is 1.06. The molecular weight excluding hydrogens is 164 g/mol. The van der Waals surface area contributed by atoms with E-state index in [9.17, 15) is 0 Å². The fourth-order valence-corrected chi connectivity index (χ4v) is 2.57. The van der Waals surface area contributed by atoms with E-state index in [1.54, 1.807) is 7.11 Å². The quantitative estimate of drug-likeness (QED) is 0.489. The van der Waals surface area contributed by atoms with Crippen LogP contribution in [-0.2, 0) is 4.43 Å². The summed E-state index contributed by atoms with van der Waals surface area (Å²) in [7, 11) is -0.0301. The zero-order valence-electron chi connectivity index (χ0n) is 6.63. The van der Waals surface area contributed by atoms with E-state index >= 15 is 0 Å². The van der Waals surface area contributed by atoms with Crippen LogP contribution in [0.2, 0.25) is 12.6 Å². The van der Waals surface area contributed by atoms with Crippen molar-refractivity contribution in [2.75, 3.05) is 19.1 Å². The molecule has 0 amide bonds. The second kappa shape index (κ2) is 5.18. The maximum Gasteiger partial charge on any atom is 0.214 e. The molecule has 0 spiro atoms. The number of aliphatic hydroxyl groups is 1. The van der Waals surface area contributed by atoms with Crippen LogP contribution in [0.5, 0.6) is 0 Å². The van der Waals surface area contributed by atoms with Crippen LogP contribution < -0.4 is 0 Å². The highest BCUT2D eigenvalue weighted by atomic mass is 32.1. The molecule has 0 radical (unpaired) electrons. The van der Waals surface area contributed by atoms with Gasteiger partial charge in [0.05, 0.1) is 6.23 Å². The molecule has 1 N–H and O–H groups in total. The summed E-state index contributed by atoms with van der Waals surface area (Å²) in [5.74, 6) is 0.881. The van der Waals surface area contributed by atoms with Crippen molar-refractivity contribution in [3.63, 3.8) is 0 Å². The second-order valence-corrected chi connectivity index (χ2v) is 7.21. The summed E-state index contributed by atoms with van der Waals surface area (Å²) in [6, 6.07) is 1.00. The minimum absolute atomic E-state index is 0.220. The first-order valence-electron chi connectivity index (χ1n) is 3.45. The third-order valence-electron chi connectivity index (χ3n) is 1.69. The van der Waals surface area contributed by atoms with Crippen LogP contribution in [0.4, 0.5) is 0 Å². The third kappa shape index (κ3) is 3.61. The van der Waals surface area contributed by atoms with E-state index in [0.29, 0.717) is 0 Å². The van der Waals surface area contributed by atoms with Gasteiger partial charge in [0.1, 0.15) is 0 Å². The minimum atomic E-state index is -1.71. The van der Waals surface area contributed by atoms with Crippen molar-refractivity contribution < 1.29 is 9.53 Å². The van der Waals surface area contributed by atoms with Gasteiger partial charge in [0.15, 0.2) is 0 Å². The summed E-state index contributed by atoms with van der Waals surface area (Å²) >= 11 is 4.10. The van der Waals surface area contributed by atoms with E-state index in [-0.39, 0.29) is 6.23 Å². The van der Waals surface area contributed by atoms with Gasteiger partial charge in [0.2, 0.25) is 8.32 Å². The lowest BCUT2D eigenvalue weighted by molar-refractivity contribution is 0.300. The van der Waals surface area contributed by atoms with Gasteiger partial charge in [-0.15, -0.1) is 0 Å². The molecule has 0 rings (SSSR count). The van der Waals surface area contributed by atoms with Gasteiger partial charge in [0.25, 0.3) is 0 Å². The molecular formula is C6H16O2SSi. The molecule has 62 valence electrons. The first kappa shape index (κ1) is 10.5. The van der Waals surface area contributed by atoms with Gasteiger partial charge in [-0.2, -0.15) is 12.6 Å². The predicted molar refractivity (Wildman–Crippen MR) is 49.0 cm³/mol. The Morgan fingerprint density at radius 3 is 2.50 bits per heavy atom. The molecule has 0 aromatic rings. The second-order valence-electron chi connectivity index (χ2n) is 2.64. The number of aliphatic hydroxyl groups excluding tert-OH is 1. The first-order chi connectivity index (χ1) is 4.68. The Bertz CT molecular complexity index is 85.8. The fraction of sp³-hybridized carbons (Fsp3) is 1.00. The number of thiol groups is 1. The number of rotatable bonds is 5. The summed E-state index contributed by atoms with van der Waals surface area (Å²) in [5, 5.41) is 8.92. The monoisotopic (exact) mass is 180 g/mol. The van der Waals surface area contributed by atoms with Crippen LogP contribution in [0.3, 0.4) is 0 Å². The lowest BCUT2D eigenvalue weighted by Crippen LogP contribution is -2.38. The van der Waals surface area contributed by atoms with Gasteiger partial charge < -0.3 is 9.53 Å². The van der Waals surface area contributed by atoms with Crippen LogP contribution >= 0.6 is 12.6 Å². The van der Waals surface area contributed by atoms with Gasteiger partial charge in [-0.1, -0.05) is 0 Å². The van der Waals surface area contributed by atoms with Gasteiger partial charge in [-0.25, -0.2) is 0 Å². The Morgan fingerprint density at radius 1 is 1.60 bits per heavy atom. The summed E-state index contributed by atoms with van der Waals surface area (Å²) in [5.41, 5.74) is 0. The van der Waals surface area contributed by atoms with Gasteiger partial charge in [0, 0.05) is 7.11 Å². The fourth-order valence-electron chi connectivity index (χ4n) is 0.699. The van der Waals surface area contributed by atoms with Crippen molar-refractivity contribution >= 4 is 20.9 Å². The zero-order valence-corrected chi connectivity index (χ0v) is 8.53. The summed E-state index contributed by atoms with van der Waals surface area (Å²) < 4.78 is 5.24. The highest BCUT2D eigenvalue weighted by molar-refractivity contribution is 7.80. The molecule has 0 saturated carbocycles. The Balaban J connectivity index is 3.58. The van der Waals surface area contributed by atoms with Crippen LogP contribution in [0.1, 0.15) is 6.42 Å². The summed E-state index contributed by atoms with van der Waals surface area (Å²) in [6.45, 7) is 2.04. The standard InChI is InChI=1S/C6H16O2SSi/c1-8-10(2,6-7)5-3-4-9/h7,9H,3-6H2,1-2H3. The van der Waals surface area contributed by atoms with E-state index in [4.69, 9.17) is 9.53 Å². The summed E-state index contributed by atoms with van der Waals surface area (Å²) in [6.07, 6.45) is 1.26. The molecule has 0 fully saturated rings. The average molecular weight is 180 g/mol. The molecule has 0 aromatic carbocycles. The normalized spacial score (nSPS) is 16.8. The minimum Gasteiger partial charge on any atom is -0.418 e. The lowest BCUT2D eigenvalue weighted by atomic mass is 10.6. The highest BCUT2D eigenvalue weighted by Crippen LogP contribution is 2.12.